The number of terminal acetylenes is 1. The summed E-state index contributed by atoms with van der Waals surface area (Å²) in [5.74, 6) is 2.16. The highest BCUT2D eigenvalue weighted by molar-refractivity contribution is 14.1. The normalized spacial score (nSPS) is 30.1. The number of alkyl halides is 1. The van der Waals surface area contributed by atoms with E-state index in [0.29, 0.717) is 13.2 Å². The van der Waals surface area contributed by atoms with Crippen molar-refractivity contribution in [2.24, 2.45) is 0 Å². The van der Waals surface area contributed by atoms with E-state index in [9.17, 15) is 0 Å². The van der Waals surface area contributed by atoms with Gasteiger partial charge in [0.1, 0.15) is 16.8 Å². The molecule has 1 saturated carbocycles. The zero-order chi connectivity index (χ0) is 11.4. The van der Waals surface area contributed by atoms with Gasteiger partial charge in [-0.25, -0.2) is 0 Å². The Hall–Kier alpha value is 0.170. The zero-order valence-electron chi connectivity index (χ0n) is 9.28. The molecule has 16 heavy (non-hydrogen) atoms. The molecule has 0 radical (unpaired) electrons. The van der Waals surface area contributed by atoms with Gasteiger partial charge in [-0.1, -0.05) is 12.3 Å². The third kappa shape index (κ3) is 2.89. The molecule has 2 rings (SSSR count). The zero-order valence-corrected chi connectivity index (χ0v) is 11.4. The van der Waals surface area contributed by atoms with E-state index in [0.717, 1.165) is 12.8 Å². The lowest BCUT2D eigenvalue weighted by atomic mass is 9.94. The summed E-state index contributed by atoms with van der Waals surface area (Å²) in [6.07, 6.45) is 10.9. The van der Waals surface area contributed by atoms with Crippen LogP contribution in [0.25, 0.3) is 0 Å². The Morgan fingerprint density at radius 3 is 2.88 bits per heavy atom. The summed E-state index contributed by atoms with van der Waals surface area (Å²) in [7, 11) is 0. The number of hydrogen-bond acceptors (Lipinski definition) is 3. The lowest BCUT2D eigenvalue weighted by Gasteiger charge is -2.32. The van der Waals surface area contributed by atoms with Crippen LogP contribution in [0.2, 0.25) is 0 Å². The number of halogens is 1. The Morgan fingerprint density at radius 2 is 2.19 bits per heavy atom. The van der Waals surface area contributed by atoms with Crippen molar-refractivity contribution in [3.63, 3.8) is 0 Å². The van der Waals surface area contributed by atoms with E-state index < -0.39 is 0 Å². The quantitative estimate of drug-likeness (QED) is 0.450. The molecule has 0 aromatic rings. The number of hydrogen-bond donors (Lipinski definition) is 0. The monoisotopic (exact) mass is 336 g/mol. The minimum atomic E-state index is -0.314. The fourth-order valence-electron chi connectivity index (χ4n) is 2.29. The highest BCUT2D eigenvalue weighted by Crippen LogP contribution is 2.39. The van der Waals surface area contributed by atoms with Gasteiger partial charge in [-0.05, 0) is 35.4 Å². The van der Waals surface area contributed by atoms with E-state index >= 15 is 0 Å². The summed E-state index contributed by atoms with van der Waals surface area (Å²) in [6, 6.07) is 0. The second kappa shape index (κ2) is 5.67. The minimum Gasteiger partial charge on any atom is -0.352 e. The van der Waals surface area contributed by atoms with Crippen LogP contribution >= 0.6 is 22.6 Å². The molecule has 90 valence electrons. The van der Waals surface area contributed by atoms with Crippen LogP contribution in [0, 0.1) is 12.3 Å². The standard InChI is InChI=1S/C12H17IO3/c1-2-8-14-11(13)10-9-15-12(16-10)6-4-3-5-7-12/h1,10-11H,3-9H2. The van der Waals surface area contributed by atoms with Crippen molar-refractivity contribution in [1.29, 1.82) is 0 Å². The first-order valence-corrected chi connectivity index (χ1v) is 7.01. The van der Waals surface area contributed by atoms with Gasteiger partial charge in [0.05, 0.1) is 6.61 Å². The molecule has 2 unspecified atom stereocenters. The summed E-state index contributed by atoms with van der Waals surface area (Å²) in [5, 5.41) is 0. The van der Waals surface area contributed by atoms with Gasteiger partial charge in [0.2, 0.25) is 0 Å². The van der Waals surface area contributed by atoms with Gasteiger partial charge in [-0.3, -0.25) is 0 Å². The first-order chi connectivity index (χ1) is 7.76. The molecule has 1 aliphatic carbocycles. The van der Waals surface area contributed by atoms with Gasteiger partial charge >= 0.3 is 0 Å². The summed E-state index contributed by atoms with van der Waals surface area (Å²) in [4.78, 5) is 0. The van der Waals surface area contributed by atoms with Gasteiger partial charge in [0.25, 0.3) is 0 Å². The molecule has 2 atom stereocenters. The molecular weight excluding hydrogens is 319 g/mol. The average molecular weight is 336 g/mol. The van der Waals surface area contributed by atoms with Crippen molar-refractivity contribution >= 4 is 22.6 Å². The Bertz CT molecular complexity index is 268. The average Bonchev–Trinajstić information content (AvgIpc) is 2.71. The Labute approximate surface area is 110 Å². The third-order valence-corrected chi connectivity index (χ3v) is 4.27. The largest absolute Gasteiger partial charge is 0.352 e. The number of rotatable bonds is 3. The van der Waals surface area contributed by atoms with Crippen LogP contribution in [0.4, 0.5) is 0 Å². The Morgan fingerprint density at radius 1 is 1.44 bits per heavy atom. The third-order valence-electron chi connectivity index (χ3n) is 3.11. The molecule has 0 aromatic carbocycles. The van der Waals surface area contributed by atoms with Crippen LogP contribution in [0.15, 0.2) is 0 Å². The predicted octanol–water partition coefficient (Wildman–Crippen LogP) is 2.47. The maximum absolute atomic E-state index is 6.03. The first-order valence-electron chi connectivity index (χ1n) is 5.77. The van der Waals surface area contributed by atoms with Gasteiger partial charge in [-0.2, -0.15) is 0 Å². The van der Waals surface area contributed by atoms with Crippen LogP contribution in [0.5, 0.6) is 0 Å². The first kappa shape index (κ1) is 12.6. The summed E-state index contributed by atoms with van der Waals surface area (Å²) in [6.45, 7) is 0.957. The SMILES string of the molecule is C#CCOC(I)C1COC2(CCCCC2)O1. The summed E-state index contributed by atoms with van der Waals surface area (Å²) >= 11 is 2.22. The Balaban J connectivity index is 1.84. The lowest BCUT2D eigenvalue weighted by molar-refractivity contribution is -0.192. The minimum absolute atomic E-state index is 0.0186. The van der Waals surface area contributed by atoms with E-state index in [-0.39, 0.29) is 16.0 Å². The van der Waals surface area contributed by atoms with Gasteiger partial charge in [0, 0.05) is 12.8 Å². The molecule has 2 aliphatic rings. The van der Waals surface area contributed by atoms with E-state index in [4.69, 9.17) is 20.6 Å². The molecule has 0 N–H and O–H groups in total. The van der Waals surface area contributed by atoms with E-state index in [1.807, 2.05) is 0 Å². The fourth-order valence-corrected chi connectivity index (χ4v) is 2.83. The molecule has 1 saturated heterocycles. The molecule has 0 amide bonds. The molecule has 2 fully saturated rings. The van der Waals surface area contributed by atoms with Crippen molar-refractivity contribution < 1.29 is 14.2 Å². The second-order valence-corrected chi connectivity index (χ2v) is 5.53. The number of ether oxygens (including phenoxy) is 3. The van der Waals surface area contributed by atoms with Crippen LogP contribution in [0.3, 0.4) is 0 Å². The lowest BCUT2D eigenvalue weighted by Crippen LogP contribution is -2.35. The molecule has 3 nitrogen and oxygen atoms in total. The smallest absolute Gasteiger partial charge is 0.169 e. The molecule has 4 heteroatoms. The molecular formula is C12H17IO3. The highest BCUT2D eigenvalue weighted by atomic mass is 127. The molecule has 0 aromatic heterocycles. The highest BCUT2D eigenvalue weighted by Gasteiger charge is 2.44. The maximum atomic E-state index is 6.03. The molecule has 1 spiro atoms. The van der Waals surface area contributed by atoms with Gasteiger partial charge in [0.15, 0.2) is 5.79 Å². The van der Waals surface area contributed by atoms with E-state index in [2.05, 4.69) is 28.5 Å². The molecule has 1 heterocycles. The van der Waals surface area contributed by atoms with E-state index in [1.165, 1.54) is 19.3 Å². The predicted molar refractivity (Wildman–Crippen MR) is 69.2 cm³/mol. The van der Waals surface area contributed by atoms with Crippen LogP contribution in [-0.2, 0) is 14.2 Å². The van der Waals surface area contributed by atoms with Gasteiger partial charge < -0.3 is 14.2 Å². The van der Waals surface area contributed by atoms with Crippen molar-refractivity contribution in [2.75, 3.05) is 13.2 Å². The summed E-state index contributed by atoms with van der Waals surface area (Å²) in [5.41, 5.74) is 0. The summed E-state index contributed by atoms with van der Waals surface area (Å²) < 4.78 is 17.3. The molecule has 1 aliphatic heterocycles. The van der Waals surface area contributed by atoms with Gasteiger partial charge in [-0.15, -0.1) is 6.42 Å². The maximum Gasteiger partial charge on any atom is 0.169 e. The van der Waals surface area contributed by atoms with Crippen molar-refractivity contribution in [3.8, 4) is 12.3 Å². The second-order valence-electron chi connectivity index (χ2n) is 4.30. The fraction of sp³-hybridized carbons (Fsp3) is 0.833. The Kier molecular flexibility index (Phi) is 4.48. The van der Waals surface area contributed by atoms with Crippen LogP contribution < -0.4 is 0 Å². The molecule has 0 bridgehead atoms. The van der Waals surface area contributed by atoms with Crippen LogP contribution in [0.1, 0.15) is 32.1 Å². The van der Waals surface area contributed by atoms with Crippen molar-refractivity contribution in [3.05, 3.63) is 0 Å². The van der Waals surface area contributed by atoms with Crippen molar-refractivity contribution in [2.45, 2.75) is 48.1 Å². The van der Waals surface area contributed by atoms with Crippen molar-refractivity contribution in [1.82, 2.24) is 0 Å². The van der Waals surface area contributed by atoms with E-state index in [1.54, 1.807) is 0 Å². The van der Waals surface area contributed by atoms with Crippen LogP contribution in [-0.4, -0.2) is 29.2 Å². The topological polar surface area (TPSA) is 27.7 Å².